The summed E-state index contributed by atoms with van der Waals surface area (Å²) in [5, 5.41) is 2.58. The van der Waals surface area contributed by atoms with Crippen LogP contribution in [-0.4, -0.2) is 38.2 Å². The van der Waals surface area contributed by atoms with Crippen molar-refractivity contribution in [3.05, 3.63) is 0 Å². The smallest absolute Gasteiger partial charge is 0.292 e. The van der Waals surface area contributed by atoms with E-state index in [4.69, 9.17) is 20.6 Å². The normalized spacial score (nSPS) is 34.0. The van der Waals surface area contributed by atoms with E-state index in [0.29, 0.717) is 19.8 Å². The van der Waals surface area contributed by atoms with Crippen LogP contribution in [0, 0.1) is 17.8 Å². The minimum absolute atomic E-state index is 0.0247. The van der Waals surface area contributed by atoms with Gasteiger partial charge in [0.15, 0.2) is 0 Å². The Hall–Kier alpha value is -1.09. The highest BCUT2D eigenvalue weighted by molar-refractivity contribution is 5.76. The van der Waals surface area contributed by atoms with Gasteiger partial charge in [-0.25, -0.2) is 0 Å². The largest absolute Gasteiger partial charge is 0.345 e. The number of carbonyl (C=O) groups excluding carboxylic acids is 1. The van der Waals surface area contributed by atoms with Gasteiger partial charge < -0.3 is 19.5 Å². The average Bonchev–Trinajstić information content (AvgIpc) is 2.39. The average molecular weight is 253 g/mol. The predicted octanol–water partition coefficient (Wildman–Crippen LogP) is 0.643. The summed E-state index contributed by atoms with van der Waals surface area (Å²) in [7, 11) is 0. The fraction of sp³-hybridized carbons (Fsp3) is 0.769. The number of hydrogen-bond donors (Lipinski definition) is 1. The second kappa shape index (κ2) is 5.27. The van der Waals surface area contributed by atoms with Crippen molar-refractivity contribution in [3.63, 3.8) is 0 Å². The van der Waals surface area contributed by atoms with Gasteiger partial charge >= 0.3 is 0 Å². The first-order valence-corrected chi connectivity index (χ1v) is 6.26. The molecule has 0 radical (unpaired) electrons. The molecule has 3 fully saturated rings. The van der Waals surface area contributed by atoms with Crippen LogP contribution in [0.1, 0.15) is 26.2 Å². The molecule has 1 amide bonds. The fourth-order valence-electron chi connectivity index (χ4n) is 2.35. The van der Waals surface area contributed by atoms with E-state index in [-0.39, 0.29) is 24.3 Å². The molecule has 0 saturated carbocycles. The predicted molar refractivity (Wildman–Crippen MR) is 64.4 cm³/mol. The van der Waals surface area contributed by atoms with Gasteiger partial charge in [-0.1, -0.05) is 19.3 Å². The highest BCUT2D eigenvalue weighted by Gasteiger charge is 2.52. The number of amides is 1. The number of ether oxygens (including phenoxy) is 3. The Morgan fingerprint density at radius 3 is 2.44 bits per heavy atom. The minimum atomic E-state index is -1.20. The molecular weight excluding hydrogens is 234 g/mol. The van der Waals surface area contributed by atoms with Gasteiger partial charge in [-0.2, -0.15) is 0 Å². The summed E-state index contributed by atoms with van der Waals surface area (Å²) in [6, 6.07) is 0. The second-order valence-electron chi connectivity index (χ2n) is 4.96. The molecule has 3 aliphatic heterocycles. The molecule has 0 unspecified atom stereocenters. The van der Waals surface area contributed by atoms with Crippen LogP contribution in [0.2, 0.25) is 0 Å². The van der Waals surface area contributed by atoms with Crippen molar-refractivity contribution in [2.45, 2.75) is 32.2 Å². The van der Waals surface area contributed by atoms with E-state index in [1.54, 1.807) is 0 Å². The Bertz CT molecular complexity index is 336. The number of nitrogens with one attached hydrogen (secondary N) is 1. The highest BCUT2D eigenvalue weighted by atomic mass is 16.9. The summed E-state index contributed by atoms with van der Waals surface area (Å²) in [5.41, 5.74) is -0.0359. The van der Waals surface area contributed by atoms with Crippen LogP contribution in [-0.2, 0) is 19.0 Å². The van der Waals surface area contributed by atoms with Crippen molar-refractivity contribution in [1.29, 1.82) is 0 Å². The molecule has 3 rings (SSSR count). The van der Waals surface area contributed by atoms with Gasteiger partial charge in [0.1, 0.15) is 6.42 Å². The van der Waals surface area contributed by atoms with Crippen molar-refractivity contribution >= 4 is 5.91 Å². The zero-order valence-corrected chi connectivity index (χ0v) is 10.7. The molecule has 5 heteroatoms. The van der Waals surface area contributed by atoms with E-state index in [1.807, 2.05) is 0 Å². The molecule has 0 aromatic carbocycles. The Labute approximate surface area is 107 Å². The van der Waals surface area contributed by atoms with Crippen LogP contribution >= 0.6 is 0 Å². The van der Waals surface area contributed by atoms with Crippen molar-refractivity contribution in [1.82, 2.24) is 5.32 Å². The van der Waals surface area contributed by atoms with Crippen LogP contribution in [0.25, 0.3) is 0 Å². The molecule has 0 aromatic heterocycles. The lowest BCUT2D eigenvalue weighted by atomic mass is 9.84. The van der Waals surface area contributed by atoms with E-state index >= 15 is 0 Å². The summed E-state index contributed by atoms with van der Waals surface area (Å²) in [5.74, 6) is 0.920. The van der Waals surface area contributed by atoms with Crippen LogP contribution in [0.3, 0.4) is 0 Å². The van der Waals surface area contributed by atoms with Gasteiger partial charge in [-0.05, 0) is 6.42 Å². The first-order chi connectivity index (χ1) is 8.64. The lowest BCUT2D eigenvalue weighted by molar-refractivity contribution is -0.466. The van der Waals surface area contributed by atoms with Gasteiger partial charge in [0.05, 0.1) is 26.4 Å². The maximum absolute atomic E-state index is 11.6. The van der Waals surface area contributed by atoms with Gasteiger partial charge in [0.2, 0.25) is 5.91 Å². The van der Waals surface area contributed by atoms with Gasteiger partial charge in [0.25, 0.3) is 5.97 Å². The molecule has 1 N–H and O–H groups in total. The Kier molecular flexibility index (Phi) is 3.91. The van der Waals surface area contributed by atoms with Crippen molar-refractivity contribution in [2.75, 3.05) is 26.4 Å². The van der Waals surface area contributed by atoms with E-state index in [0.717, 1.165) is 12.8 Å². The third-order valence-electron chi connectivity index (χ3n) is 3.34. The molecule has 0 aromatic rings. The molecular formula is C13H19NO4. The topological polar surface area (TPSA) is 56.8 Å². The summed E-state index contributed by atoms with van der Waals surface area (Å²) in [4.78, 5) is 11.6. The molecule has 2 bridgehead atoms. The highest BCUT2D eigenvalue weighted by Crippen LogP contribution is 2.42. The molecule has 5 nitrogen and oxygen atoms in total. The summed E-state index contributed by atoms with van der Waals surface area (Å²) < 4.78 is 16.8. The van der Waals surface area contributed by atoms with Crippen LogP contribution in [0.15, 0.2) is 0 Å². The molecule has 3 saturated heterocycles. The first kappa shape index (κ1) is 13.3. The lowest BCUT2D eigenvalue weighted by Crippen LogP contribution is -2.61. The molecule has 100 valence electrons. The van der Waals surface area contributed by atoms with Crippen molar-refractivity contribution in [3.8, 4) is 12.3 Å². The monoisotopic (exact) mass is 253 g/mol. The Balaban J connectivity index is 1.89. The van der Waals surface area contributed by atoms with E-state index in [1.165, 1.54) is 0 Å². The number of terminal acetylenes is 1. The van der Waals surface area contributed by atoms with Crippen molar-refractivity contribution in [2.24, 2.45) is 5.41 Å². The first-order valence-electron chi connectivity index (χ1n) is 6.26. The van der Waals surface area contributed by atoms with E-state index < -0.39 is 5.97 Å². The molecule has 0 aliphatic carbocycles. The maximum Gasteiger partial charge on any atom is 0.292 e. The third-order valence-corrected chi connectivity index (χ3v) is 3.34. The fourth-order valence-corrected chi connectivity index (χ4v) is 2.35. The standard InChI is InChI=1S/C13H19NO4/c1-3-5-12-8-16-13(17-9-12,18-10-12)7-11(15)14-6-4-2/h2H,3,5-10H2,1H3,(H,14,15). The van der Waals surface area contributed by atoms with E-state index in [9.17, 15) is 4.79 Å². The number of hydrogen-bond acceptors (Lipinski definition) is 4. The zero-order valence-electron chi connectivity index (χ0n) is 10.7. The molecule has 0 spiro atoms. The SMILES string of the molecule is C#CCNC(=O)CC12OCC(CCC)(CO1)CO2. The van der Waals surface area contributed by atoms with Gasteiger partial charge in [0, 0.05) is 5.41 Å². The van der Waals surface area contributed by atoms with Crippen LogP contribution in [0.4, 0.5) is 0 Å². The lowest BCUT2D eigenvalue weighted by Gasteiger charge is -2.51. The molecule has 0 atom stereocenters. The zero-order chi connectivity index (χ0) is 13.1. The van der Waals surface area contributed by atoms with Gasteiger partial charge in [-0.15, -0.1) is 6.42 Å². The van der Waals surface area contributed by atoms with E-state index in [2.05, 4.69) is 18.2 Å². The number of fused-ring (bicyclic) bond motifs is 3. The maximum atomic E-state index is 11.6. The van der Waals surface area contributed by atoms with Crippen LogP contribution in [0.5, 0.6) is 0 Å². The van der Waals surface area contributed by atoms with Crippen molar-refractivity contribution < 1.29 is 19.0 Å². The Morgan fingerprint density at radius 1 is 1.33 bits per heavy atom. The third kappa shape index (κ3) is 2.66. The summed E-state index contributed by atoms with van der Waals surface area (Å²) in [6.07, 6.45) is 7.17. The second-order valence-corrected chi connectivity index (χ2v) is 4.96. The quantitative estimate of drug-likeness (QED) is 0.731. The Morgan fingerprint density at radius 2 is 1.94 bits per heavy atom. The van der Waals surface area contributed by atoms with Crippen LogP contribution < -0.4 is 5.32 Å². The summed E-state index contributed by atoms with van der Waals surface area (Å²) >= 11 is 0. The summed E-state index contributed by atoms with van der Waals surface area (Å²) in [6.45, 7) is 4.09. The molecule has 18 heavy (non-hydrogen) atoms. The molecule has 3 aliphatic rings. The van der Waals surface area contributed by atoms with Gasteiger partial charge in [-0.3, -0.25) is 4.79 Å². The molecule has 3 heterocycles. The number of carbonyl (C=O) groups is 1. The number of rotatable bonds is 5. The minimum Gasteiger partial charge on any atom is -0.345 e.